The van der Waals surface area contributed by atoms with Crippen molar-refractivity contribution in [1.29, 1.82) is 0 Å². The second kappa shape index (κ2) is 5.38. The van der Waals surface area contributed by atoms with Crippen molar-refractivity contribution in [3.8, 4) is 0 Å². The molecule has 0 aromatic rings. The molecule has 1 fully saturated rings. The summed E-state index contributed by atoms with van der Waals surface area (Å²) in [6, 6.07) is 0.0195. The fourth-order valence-electron chi connectivity index (χ4n) is 1.60. The highest BCUT2D eigenvalue weighted by atomic mass is 16.2. The third-order valence-electron chi connectivity index (χ3n) is 2.50. The van der Waals surface area contributed by atoms with Gasteiger partial charge in [0.25, 0.3) is 0 Å². The van der Waals surface area contributed by atoms with Crippen LogP contribution in [0.15, 0.2) is 12.7 Å². The lowest BCUT2D eigenvalue weighted by molar-refractivity contribution is -0.116. The van der Waals surface area contributed by atoms with Gasteiger partial charge in [-0.25, -0.2) is 4.79 Å². The molecule has 0 spiro atoms. The van der Waals surface area contributed by atoms with Crippen LogP contribution in [0.2, 0.25) is 0 Å². The van der Waals surface area contributed by atoms with Crippen molar-refractivity contribution in [1.82, 2.24) is 15.5 Å². The Morgan fingerprint density at radius 2 is 2.53 bits per heavy atom. The van der Waals surface area contributed by atoms with Crippen LogP contribution in [0, 0.1) is 0 Å². The van der Waals surface area contributed by atoms with E-state index in [4.69, 9.17) is 0 Å². The first-order valence-corrected chi connectivity index (χ1v) is 5.13. The van der Waals surface area contributed by atoms with Crippen LogP contribution in [0.1, 0.15) is 13.3 Å². The Labute approximate surface area is 89.5 Å². The molecule has 1 aliphatic heterocycles. The van der Waals surface area contributed by atoms with Crippen molar-refractivity contribution in [2.45, 2.75) is 19.4 Å². The van der Waals surface area contributed by atoms with Gasteiger partial charge in [-0.1, -0.05) is 13.5 Å². The first kappa shape index (κ1) is 11.6. The monoisotopic (exact) mass is 211 g/mol. The molecule has 1 heterocycles. The van der Waals surface area contributed by atoms with Crippen LogP contribution < -0.4 is 10.6 Å². The van der Waals surface area contributed by atoms with Gasteiger partial charge in [0.15, 0.2) is 0 Å². The van der Waals surface area contributed by atoms with E-state index in [0.29, 0.717) is 19.6 Å². The summed E-state index contributed by atoms with van der Waals surface area (Å²) in [4.78, 5) is 24.1. The summed E-state index contributed by atoms with van der Waals surface area (Å²) in [6.07, 6.45) is 2.06. The Kier molecular flexibility index (Phi) is 4.15. The molecular formula is C10H17N3O2. The summed E-state index contributed by atoms with van der Waals surface area (Å²) >= 11 is 0. The molecule has 3 amide bonds. The molecule has 0 aromatic carbocycles. The van der Waals surface area contributed by atoms with E-state index < -0.39 is 0 Å². The largest absolute Gasteiger partial charge is 0.351 e. The smallest absolute Gasteiger partial charge is 0.317 e. The molecule has 5 nitrogen and oxygen atoms in total. The summed E-state index contributed by atoms with van der Waals surface area (Å²) in [5, 5.41) is 5.44. The van der Waals surface area contributed by atoms with Crippen LogP contribution in [0.3, 0.4) is 0 Å². The molecule has 1 unspecified atom stereocenters. The number of amides is 3. The maximum absolute atomic E-state index is 11.4. The Balaban J connectivity index is 2.44. The minimum atomic E-state index is -0.201. The fraction of sp³-hybridized carbons (Fsp3) is 0.600. The summed E-state index contributed by atoms with van der Waals surface area (Å²) in [5.74, 6) is -0.201. The van der Waals surface area contributed by atoms with Gasteiger partial charge in [0.05, 0.1) is 6.04 Å². The molecule has 1 rings (SSSR count). The Bertz CT molecular complexity index is 265. The molecule has 15 heavy (non-hydrogen) atoms. The van der Waals surface area contributed by atoms with Crippen molar-refractivity contribution in [2.75, 3.05) is 19.6 Å². The molecule has 0 bridgehead atoms. The van der Waals surface area contributed by atoms with E-state index in [1.807, 2.05) is 6.92 Å². The van der Waals surface area contributed by atoms with Gasteiger partial charge in [0, 0.05) is 19.6 Å². The van der Waals surface area contributed by atoms with Gasteiger partial charge in [-0.05, 0) is 12.5 Å². The first-order valence-electron chi connectivity index (χ1n) is 5.13. The molecule has 1 saturated heterocycles. The lowest BCUT2D eigenvalue weighted by Gasteiger charge is -2.25. The number of hydrogen-bond donors (Lipinski definition) is 2. The predicted octanol–water partition coefficient (Wildman–Crippen LogP) is 0.0924. The third-order valence-corrected chi connectivity index (χ3v) is 2.50. The molecule has 0 radical (unpaired) electrons. The third kappa shape index (κ3) is 2.97. The first-order chi connectivity index (χ1) is 7.19. The molecule has 0 saturated carbocycles. The molecule has 1 atom stereocenters. The average Bonchev–Trinajstić information content (AvgIpc) is 2.65. The zero-order valence-corrected chi connectivity index (χ0v) is 8.95. The normalized spacial score (nSPS) is 17.1. The van der Waals surface area contributed by atoms with Crippen LogP contribution in [-0.4, -0.2) is 42.5 Å². The van der Waals surface area contributed by atoms with E-state index in [-0.39, 0.29) is 18.0 Å². The zero-order valence-electron chi connectivity index (χ0n) is 8.95. The van der Waals surface area contributed by atoms with Gasteiger partial charge in [-0.2, -0.15) is 0 Å². The van der Waals surface area contributed by atoms with Gasteiger partial charge in [-0.3, -0.25) is 4.79 Å². The maximum Gasteiger partial charge on any atom is 0.317 e. The summed E-state index contributed by atoms with van der Waals surface area (Å²) in [5.41, 5.74) is 0. The highest BCUT2D eigenvalue weighted by Gasteiger charge is 2.26. The van der Waals surface area contributed by atoms with Crippen molar-refractivity contribution >= 4 is 11.9 Å². The van der Waals surface area contributed by atoms with E-state index in [1.54, 1.807) is 4.90 Å². The average molecular weight is 211 g/mol. The van der Waals surface area contributed by atoms with Gasteiger partial charge >= 0.3 is 6.03 Å². The van der Waals surface area contributed by atoms with Crippen molar-refractivity contribution in [3.05, 3.63) is 12.7 Å². The molecular weight excluding hydrogens is 194 g/mol. The number of carbonyl (C=O) groups excluding carboxylic acids is 2. The van der Waals surface area contributed by atoms with Gasteiger partial charge in [0.2, 0.25) is 5.91 Å². The number of hydrogen-bond acceptors (Lipinski definition) is 2. The number of nitrogens with one attached hydrogen (secondary N) is 2. The van der Waals surface area contributed by atoms with Crippen LogP contribution in [0.4, 0.5) is 4.79 Å². The summed E-state index contributed by atoms with van der Waals surface area (Å²) < 4.78 is 0. The molecule has 2 N–H and O–H groups in total. The standard InChI is InChI=1S/C10H17N3O2/c1-3-8(7-12-9(14)4-2)13-6-5-11-10(13)15/h4,8H,2-3,5-7H2,1H3,(H,11,15)(H,12,14). The molecule has 1 aliphatic rings. The van der Waals surface area contributed by atoms with Crippen LogP contribution in [-0.2, 0) is 4.79 Å². The van der Waals surface area contributed by atoms with E-state index in [1.165, 1.54) is 6.08 Å². The highest BCUT2D eigenvalue weighted by molar-refractivity contribution is 5.86. The molecule has 0 aromatic heterocycles. The van der Waals surface area contributed by atoms with Gasteiger partial charge in [-0.15, -0.1) is 0 Å². The Morgan fingerprint density at radius 3 is 3.00 bits per heavy atom. The van der Waals surface area contributed by atoms with Crippen LogP contribution in [0.25, 0.3) is 0 Å². The van der Waals surface area contributed by atoms with E-state index in [9.17, 15) is 9.59 Å². The SMILES string of the molecule is C=CC(=O)NCC(CC)N1CCNC1=O. The number of rotatable bonds is 5. The predicted molar refractivity (Wildman–Crippen MR) is 57.4 cm³/mol. The molecule has 84 valence electrons. The summed E-state index contributed by atoms with van der Waals surface area (Å²) in [6.45, 7) is 7.24. The minimum absolute atomic E-state index is 0.0466. The highest BCUT2D eigenvalue weighted by Crippen LogP contribution is 2.07. The number of urea groups is 1. The lowest BCUT2D eigenvalue weighted by atomic mass is 10.2. The zero-order chi connectivity index (χ0) is 11.3. The second-order valence-electron chi connectivity index (χ2n) is 3.44. The maximum atomic E-state index is 11.4. The number of nitrogens with zero attached hydrogens (tertiary/aromatic N) is 1. The van der Waals surface area contributed by atoms with Gasteiger partial charge in [0.1, 0.15) is 0 Å². The molecule has 5 heteroatoms. The number of carbonyl (C=O) groups is 2. The lowest BCUT2D eigenvalue weighted by Crippen LogP contribution is -2.44. The quantitative estimate of drug-likeness (QED) is 0.633. The topological polar surface area (TPSA) is 61.4 Å². The van der Waals surface area contributed by atoms with Crippen LogP contribution in [0.5, 0.6) is 0 Å². The van der Waals surface area contributed by atoms with Crippen molar-refractivity contribution in [3.63, 3.8) is 0 Å². The van der Waals surface area contributed by atoms with Crippen molar-refractivity contribution < 1.29 is 9.59 Å². The van der Waals surface area contributed by atoms with Crippen molar-refractivity contribution in [2.24, 2.45) is 0 Å². The fourth-order valence-corrected chi connectivity index (χ4v) is 1.60. The minimum Gasteiger partial charge on any atom is -0.351 e. The Morgan fingerprint density at radius 1 is 1.80 bits per heavy atom. The van der Waals surface area contributed by atoms with Crippen LogP contribution >= 0.6 is 0 Å². The van der Waals surface area contributed by atoms with E-state index in [0.717, 1.165) is 6.42 Å². The molecule has 0 aliphatic carbocycles. The van der Waals surface area contributed by atoms with Gasteiger partial charge < -0.3 is 15.5 Å². The van der Waals surface area contributed by atoms with E-state index >= 15 is 0 Å². The van der Waals surface area contributed by atoms with E-state index in [2.05, 4.69) is 17.2 Å². The second-order valence-corrected chi connectivity index (χ2v) is 3.44. The Hall–Kier alpha value is -1.52. The summed E-state index contributed by atoms with van der Waals surface area (Å²) in [7, 11) is 0.